The zero-order valence-corrected chi connectivity index (χ0v) is 28.8. The fourth-order valence-electron chi connectivity index (χ4n) is 7.34. The maximum Gasteiger partial charge on any atom is 0.179 e. The molecule has 0 saturated carbocycles. The lowest BCUT2D eigenvalue weighted by atomic mass is 9.96. The molecule has 0 atom stereocenters. The van der Waals surface area contributed by atoms with Gasteiger partial charge in [0.25, 0.3) is 0 Å². The van der Waals surface area contributed by atoms with E-state index in [0.717, 1.165) is 17.1 Å². The van der Waals surface area contributed by atoms with Gasteiger partial charge in [-0.3, -0.25) is 0 Å². The Bertz CT molecular complexity index is 2190. The summed E-state index contributed by atoms with van der Waals surface area (Å²) in [5.74, 6) is 0. The smallest absolute Gasteiger partial charge is 0.179 e. The number of rotatable bonds is 9. The molecule has 1 nitrogen and oxygen atoms in total. The first-order valence-corrected chi connectivity index (χ1v) is 19.2. The predicted octanol–water partition coefficient (Wildman–Crippen LogP) is 9.87. The molecular weight excluding hydrogens is 619 g/mol. The average Bonchev–Trinajstić information content (AvgIpc) is 3.21. The third-order valence-corrected chi connectivity index (χ3v) is 14.4. The molecule has 0 saturated heterocycles. The predicted molar refractivity (Wildman–Crippen MR) is 216 cm³/mol. The molecule has 8 rings (SSSR count). The summed E-state index contributed by atoms with van der Waals surface area (Å²) >= 11 is 0. The summed E-state index contributed by atoms with van der Waals surface area (Å²) in [7, 11) is -2.74. The molecule has 0 radical (unpaired) electrons. The van der Waals surface area contributed by atoms with E-state index in [2.05, 4.69) is 229 Å². The summed E-state index contributed by atoms with van der Waals surface area (Å²) in [4.78, 5) is 2.43. The van der Waals surface area contributed by atoms with E-state index in [1.165, 1.54) is 43.0 Å². The van der Waals surface area contributed by atoms with Crippen molar-refractivity contribution in [1.82, 2.24) is 0 Å². The molecule has 0 N–H and O–H groups in total. The van der Waals surface area contributed by atoms with Gasteiger partial charge < -0.3 is 4.90 Å². The molecule has 0 amide bonds. The van der Waals surface area contributed by atoms with E-state index in [0.29, 0.717) is 0 Å². The standard InChI is InChI=1S/C48H37NSi/c1-7-20-38(21-8-1)40-34-35-48(47(36-40)39-22-9-2-10-23-39)49(41-24-11-3-12-25-41)42-26-19-33-46(37-42)50(43-27-13-4-14-28-43,44-29-15-5-16-30-44)45-31-17-6-18-32-45/h1-37H. The van der Waals surface area contributed by atoms with Crippen molar-refractivity contribution in [2.75, 3.05) is 4.90 Å². The minimum absolute atomic E-state index is 1.11. The Morgan fingerprint density at radius 3 is 1.22 bits per heavy atom. The summed E-state index contributed by atoms with van der Waals surface area (Å²) in [6, 6.07) is 81.8. The van der Waals surface area contributed by atoms with Gasteiger partial charge in [-0.25, -0.2) is 0 Å². The van der Waals surface area contributed by atoms with Crippen LogP contribution in [0.2, 0.25) is 0 Å². The van der Waals surface area contributed by atoms with E-state index < -0.39 is 8.07 Å². The van der Waals surface area contributed by atoms with Crippen molar-refractivity contribution in [1.29, 1.82) is 0 Å². The third kappa shape index (κ3) is 5.87. The van der Waals surface area contributed by atoms with E-state index in [4.69, 9.17) is 0 Å². The largest absolute Gasteiger partial charge is 0.310 e. The molecule has 2 heteroatoms. The quantitative estimate of drug-likeness (QED) is 0.111. The summed E-state index contributed by atoms with van der Waals surface area (Å²) < 4.78 is 0. The van der Waals surface area contributed by atoms with Crippen LogP contribution in [0.15, 0.2) is 224 Å². The first-order valence-electron chi connectivity index (χ1n) is 17.2. The highest BCUT2D eigenvalue weighted by Crippen LogP contribution is 2.42. The number of hydrogen-bond acceptors (Lipinski definition) is 1. The molecule has 238 valence electrons. The Morgan fingerprint density at radius 2 is 0.700 bits per heavy atom. The normalized spacial score (nSPS) is 11.2. The van der Waals surface area contributed by atoms with Crippen LogP contribution in [-0.2, 0) is 0 Å². The van der Waals surface area contributed by atoms with Crippen molar-refractivity contribution >= 4 is 45.9 Å². The third-order valence-electron chi connectivity index (χ3n) is 9.60. The Hall–Kier alpha value is -6.22. The zero-order chi connectivity index (χ0) is 33.6. The maximum atomic E-state index is 2.45. The minimum Gasteiger partial charge on any atom is -0.310 e. The first kappa shape index (κ1) is 31.1. The van der Waals surface area contributed by atoms with Crippen molar-refractivity contribution < 1.29 is 0 Å². The van der Waals surface area contributed by atoms with Crippen LogP contribution in [-0.4, -0.2) is 8.07 Å². The van der Waals surface area contributed by atoms with Gasteiger partial charge in [-0.05, 0) is 73.8 Å². The van der Waals surface area contributed by atoms with Crippen molar-refractivity contribution in [3.63, 3.8) is 0 Å². The van der Waals surface area contributed by atoms with Crippen LogP contribution >= 0.6 is 0 Å². The van der Waals surface area contributed by atoms with Crippen LogP contribution < -0.4 is 25.6 Å². The second-order valence-corrected chi connectivity index (χ2v) is 16.3. The number of hydrogen-bond donors (Lipinski definition) is 0. The average molecular weight is 656 g/mol. The van der Waals surface area contributed by atoms with Gasteiger partial charge in [0.15, 0.2) is 8.07 Å². The topological polar surface area (TPSA) is 3.24 Å². The van der Waals surface area contributed by atoms with Gasteiger partial charge in [-0.15, -0.1) is 0 Å². The van der Waals surface area contributed by atoms with E-state index >= 15 is 0 Å². The SMILES string of the molecule is c1ccc(-c2ccc(N(c3ccccc3)c3cccc([Si](c4ccccc4)(c4ccccc4)c4ccccc4)c3)c(-c3ccccc3)c2)cc1. The highest BCUT2D eigenvalue weighted by molar-refractivity contribution is 7.19. The van der Waals surface area contributed by atoms with E-state index in [1.807, 2.05) is 0 Å². The fraction of sp³-hybridized carbons (Fsp3) is 0. The van der Waals surface area contributed by atoms with Crippen LogP contribution in [0, 0.1) is 0 Å². The monoisotopic (exact) mass is 655 g/mol. The number of para-hydroxylation sites is 1. The van der Waals surface area contributed by atoms with Crippen LogP contribution in [0.4, 0.5) is 17.1 Å². The molecule has 0 aromatic heterocycles. The highest BCUT2D eigenvalue weighted by Gasteiger charge is 2.41. The van der Waals surface area contributed by atoms with Crippen molar-refractivity contribution in [2.24, 2.45) is 0 Å². The fourth-order valence-corrected chi connectivity index (χ4v) is 12.1. The summed E-state index contributed by atoms with van der Waals surface area (Å²) in [5.41, 5.74) is 8.12. The van der Waals surface area contributed by atoms with Crippen LogP contribution in [0.3, 0.4) is 0 Å². The second kappa shape index (κ2) is 14.1. The van der Waals surface area contributed by atoms with Crippen LogP contribution in [0.5, 0.6) is 0 Å². The number of anilines is 3. The van der Waals surface area contributed by atoms with Gasteiger partial charge in [-0.2, -0.15) is 0 Å². The highest BCUT2D eigenvalue weighted by atomic mass is 28.3. The number of nitrogens with zero attached hydrogens (tertiary/aromatic N) is 1. The Labute approximate surface area is 296 Å². The number of benzene rings is 8. The van der Waals surface area contributed by atoms with Gasteiger partial charge in [-0.1, -0.05) is 188 Å². The Balaban J connectivity index is 1.40. The van der Waals surface area contributed by atoms with Crippen molar-refractivity contribution in [3.05, 3.63) is 224 Å². The molecule has 0 aliphatic rings. The second-order valence-electron chi connectivity index (χ2n) is 12.5. The van der Waals surface area contributed by atoms with Crippen LogP contribution in [0.25, 0.3) is 22.3 Å². The van der Waals surface area contributed by atoms with Crippen molar-refractivity contribution in [2.45, 2.75) is 0 Å². The van der Waals surface area contributed by atoms with E-state index in [-0.39, 0.29) is 0 Å². The van der Waals surface area contributed by atoms with Gasteiger partial charge in [0, 0.05) is 16.9 Å². The first-order chi connectivity index (χ1) is 24.8. The molecule has 0 fully saturated rings. The molecule has 0 bridgehead atoms. The minimum atomic E-state index is -2.74. The molecule has 0 heterocycles. The molecule has 50 heavy (non-hydrogen) atoms. The van der Waals surface area contributed by atoms with Crippen LogP contribution in [0.1, 0.15) is 0 Å². The zero-order valence-electron chi connectivity index (χ0n) is 27.8. The van der Waals surface area contributed by atoms with Gasteiger partial charge in [0.05, 0.1) is 5.69 Å². The summed E-state index contributed by atoms with van der Waals surface area (Å²) in [6.45, 7) is 0. The maximum absolute atomic E-state index is 2.74. The molecule has 8 aromatic rings. The molecule has 8 aromatic carbocycles. The molecule has 0 unspecified atom stereocenters. The van der Waals surface area contributed by atoms with Gasteiger partial charge in [0.1, 0.15) is 0 Å². The summed E-state index contributed by atoms with van der Waals surface area (Å²) in [6.07, 6.45) is 0. The molecular formula is C48H37NSi. The van der Waals surface area contributed by atoms with E-state index in [1.54, 1.807) is 0 Å². The molecule has 0 aliphatic carbocycles. The Morgan fingerprint density at radius 1 is 0.280 bits per heavy atom. The molecule has 0 spiro atoms. The molecule has 0 aliphatic heterocycles. The lowest BCUT2D eigenvalue weighted by Crippen LogP contribution is -2.74. The van der Waals surface area contributed by atoms with E-state index in [9.17, 15) is 0 Å². The van der Waals surface area contributed by atoms with Crippen molar-refractivity contribution in [3.8, 4) is 22.3 Å². The summed E-state index contributed by atoms with van der Waals surface area (Å²) in [5, 5.41) is 5.41. The lowest BCUT2D eigenvalue weighted by Gasteiger charge is -2.35. The lowest BCUT2D eigenvalue weighted by molar-refractivity contribution is 1.29. The van der Waals surface area contributed by atoms with Gasteiger partial charge >= 0.3 is 0 Å². The Kier molecular flexibility index (Phi) is 8.76. The van der Waals surface area contributed by atoms with Gasteiger partial charge in [0.2, 0.25) is 0 Å².